The minimum absolute atomic E-state index is 0.0124. The van der Waals surface area contributed by atoms with Crippen LogP contribution in [0, 0.1) is 0 Å². The number of ether oxygens (including phenoxy) is 2. The van der Waals surface area contributed by atoms with Crippen LogP contribution in [0.1, 0.15) is 29.8 Å². The first kappa shape index (κ1) is 19.2. The highest BCUT2D eigenvalue weighted by atomic mass is 16.5. The predicted octanol–water partition coefficient (Wildman–Crippen LogP) is 3.43. The summed E-state index contributed by atoms with van der Waals surface area (Å²) < 4.78 is 12.9. The third kappa shape index (κ3) is 4.76. The first-order valence-corrected chi connectivity index (χ1v) is 8.83. The molecule has 144 valence electrons. The molecule has 0 unspecified atom stereocenters. The Bertz CT molecular complexity index is 948. The summed E-state index contributed by atoms with van der Waals surface area (Å²) >= 11 is 0. The zero-order valence-corrected chi connectivity index (χ0v) is 16.0. The van der Waals surface area contributed by atoms with Gasteiger partial charge < -0.3 is 14.0 Å². The molecule has 0 atom stereocenters. The first-order valence-electron chi connectivity index (χ1n) is 8.83. The van der Waals surface area contributed by atoms with Crippen molar-refractivity contribution in [3.63, 3.8) is 0 Å². The van der Waals surface area contributed by atoms with Crippen molar-refractivity contribution in [2.24, 2.45) is 5.10 Å². The van der Waals surface area contributed by atoms with Gasteiger partial charge in [-0.25, -0.2) is 10.4 Å². The van der Waals surface area contributed by atoms with Crippen molar-refractivity contribution in [3.05, 3.63) is 72.3 Å². The Kier molecular flexibility index (Phi) is 6.06. The average Bonchev–Trinajstić information content (AvgIpc) is 3.23. The first-order chi connectivity index (χ1) is 13.6. The van der Waals surface area contributed by atoms with Gasteiger partial charge in [-0.05, 0) is 49.7 Å². The fourth-order valence-corrected chi connectivity index (χ4v) is 2.53. The van der Waals surface area contributed by atoms with Crippen molar-refractivity contribution in [1.29, 1.82) is 0 Å². The second kappa shape index (κ2) is 8.85. The number of rotatable bonds is 7. The number of aromatic nitrogens is 2. The minimum Gasteiger partial charge on any atom is -0.493 e. The van der Waals surface area contributed by atoms with Gasteiger partial charge >= 0.3 is 0 Å². The van der Waals surface area contributed by atoms with E-state index in [1.54, 1.807) is 36.9 Å². The molecule has 0 spiro atoms. The lowest BCUT2D eigenvalue weighted by molar-refractivity contribution is 0.0954. The summed E-state index contributed by atoms with van der Waals surface area (Å²) in [6, 6.07) is 12.7. The van der Waals surface area contributed by atoms with Crippen LogP contribution in [0.25, 0.3) is 5.69 Å². The molecule has 1 amide bonds. The Balaban J connectivity index is 1.63. The lowest BCUT2D eigenvalue weighted by atomic mass is 10.2. The van der Waals surface area contributed by atoms with E-state index in [0.29, 0.717) is 17.1 Å². The molecule has 0 aliphatic heterocycles. The SMILES string of the molecule is COc1cc(C(=O)N/N=C\c2ccc(-n3ccnc3)cc2)ccc1OC(C)C. The fraction of sp³-hybridized carbons (Fsp3) is 0.190. The van der Waals surface area contributed by atoms with E-state index in [-0.39, 0.29) is 12.0 Å². The molecule has 7 nitrogen and oxygen atoms in total. The third-order valence-electron chi connectivity index (χ3n) is 3.86. The van der Waals surface area contributed by atoms with Crippen LogP contribution in [0.5, 0.6) is 11.5 Å². The van der Waals surface area contributed by atoms with Gasteiger partial charge in [0.2, 0.25) is 0 Å². The molecule has 0 aliphatic rings. The molecule has 0 saturated heterocycles. The molecule has 1 N–H and O–H groups in total. The maximum Gasteiger partial charge on any atom is 0.271 e. The van der Waals surface area contributed by atoms with E-state index in [2.05, 4.69) is 15.5 Å². The molecule has 3 aromatic rings. The molecule has 28 heavy (non-hydrogen) atoms. The largest absolute Gasteiger partial charge is 0.493 e. The number of methoxy groups -OCH3 is 1. The molecule has 0 radical (unpaired) electrons. The van der Waals surface area contributed by atoms with Gasteiger partial charge in [0.05, 0.1) is 25.8 Å². The number of carbonyl (C=O) groups is 1. The van der Waals surface area contributed by atoms with Crippen molar-refractivity contribution >= 4 is 12.1 Å². The van der Waals surface area contributed by atoms with Crippen LogP contribution >= 0.6 is 0 Å². The molecule has 1 aromatic heterocycles. The van der Waals surface area contributed by atoms with E-state index < -0.39 is 0 Å². The molecular weight excluding hydrogens is 356 g/mol. The summed E-state index contributed by atoms with van der Waals surface area (Å²) in [6.45, 7) is 3.85. The molecule has 0 bridgehead atoms. The minimum atomic E-state index is -0.333. The van der Waals surface area contributed by atoms with E-state index in [9.17, 15) is 4.79 Å². The molecule has 0 saturated carbocycles. The lowest BCUT2D eigenvalue weighted by Crippen LogP contribution is -2.18. The van der Waals surface area contributed by atoms with Crippen molar-refractivity contribution < 1.29 is 14.3 Å². The number of hydrogen-bond acceptors (Lipinski definition) is 5. The average molecular weight is 378 g/mol. The number of nitrogens with zero attached hydrogens (tertiary/aromatic N) is 3. The number of hydrogen-bond donors (Lipinski definition) is 1. The van der Waals surface area contributed by atoms with E-state index in [4.69, 9.17) is 9.47 Å². The standard InChI is InChI=1S/C21H22N4O3/c1-15(2)28-19-9-6-17(12-20(19)27-3)21(26)24-23-13-16-4-7-18(8-5-16)25-11-10-22-14-25/h4-15H,1-3H3,(H,24,26)/b23-13-. The summed E-state index contributed by atoms with van der Waals surface area (Å²) in [4.78, 5) is 16.3. The quantitative estimate of drug-likeness (QED) is 0.505. The number of amides is 1. The van der Waals surface area contributed by atoms with Gasteiger partial charge in [-0.2, -0.15) is 5.10 Å². The van der Waals surface area contributed by atoms with Gasteiger partial charge in [-0.15, -0.1) is 0 Å². The number of nitrogens with one attached hydrogen (secondary N) is 1. The van der Waals surface area contributed by atoms with Crippen molar-refractivity contribution in [2.45, 2.75) is 20.0 Å². The van der Waals surface area contributed by atoms with Crippen LogP contribution in [-0.2, 0) is 0 Å². The van der Waals surface area contributed by atoms with Crippen LogP contribution in [0.2, 0.25) is 0 Å². The highest BCUT2D eigenvalue weighted by Crippen LogP contribution is 2.28. The van der Waals surface area contributed by atoms with Gasteiger partial charge in [0.15, 0.2) is 11.5 Å². The maximum atomic E-state index is 12.3. The summed E-state index contributed by atoms with van der Waals surface area (Å²) in [5.74, 6) is 0.761. The van der Waals surface area contributed by atoms with Crippen LogP contribution in [0.4, 0.5) is 0 Å². The molecule has 7 heteroatoms. The second-order valence-electron chi connectivity index (χ2n) is 6.29. The zero-order chi connectivity index (χ0) is 19.9. The lowest BCUT2D eigenvalue weighted by Gasteiger charge is -2.14. The van der Waals surface area contributed by atoms with Crippen molar-refractivity contribution in [3.8, 4) is 17.2 Å². The Morgan fingerprint density at radius 1 is 1.18 bits per heavy atom. The molecule has 2 aromatic carbocycles. The van der Waals surface area contributed by atoms with Crippen LogP contribution in [-0.4, -0.2) is 34.9 Å². The van der Waals surface area contributed by atoms with Crippen molar-refractivity contribution in [1.82, 2.24) is 15.0 Å². The highest BCUT2D eigenvalue weighted by molar-refractivity contribution is 5.95. The van der Waals surface area contributed by atoms with Gasteiger partial charge in [0.1, 0.15) is 0 Å². The van der Waals surface area contributed by atoms with Crippen molar-refractivity contribution in [2.75, 3.05) is 7.11 Å². The monoisotopic (exact) mass is 378 g/mol. The molecule has 1 heterocycles. The number of hydrazone groups is 1. The topological polar surface area (TPSA) is 77.7 Å². The normalized spacial score (nSPS) is 11.0. The van der Waals surface area contributed by atoms with Crippen LogP contribution < -0.4 is 14.9 Å². The van der Waals surface area contributed by atoms with E-state index in [1.807, 2.05) is 48.9 Å². The Morgan fingerprint density at radius 3 is 2.61 bits per heavy atom. The molecule has 3 rings (SSSR count). The Labute approximate surface area is 163 Å². The summed E-state index contributed by atoms with van der Waals surface area (Å²) in [5.41, 5.74) is 4.81. The summed E-state index contributed by atoms with van der Waals surface area (Å²) in [7, 11) is 1.54. The van der Waals surface area contributed by atoms with E-state index in [0.717, 1.165) is 11.3 Å². The highest BCUT2D eigenvalue weighted by Gasteiger charge is 2.11. The molecule has 0 aliphatic carbocycles. The smallest absolute Gasteiger partial charge is 0.271 e. The molecular formula is C21H22N4O3. The van der Waals surface area contributed by atoms with Gasteiger partial charge in [0, 0.05) is 23.6 Å². The Hall–Kier alpha value is -3.61. The third-order valence-corrected chi connectivity index (χ3v) is 3.86. The van der Waals surface area contributed by atoms with E-state index in [1.165, 1.54) is 7.11 Å². The fourth-order valence-electron chi connectivity index (χ4n) is 2.53. The van der Waals surface area contributed by atoms with Gasteiger partial charge in [-0.1, -0.05) is 12.1 Å². The molecule has 0 fully saturated rings. The van der Waals surface area contributed by atoms with Crippen LogP contribution in [0.15, 0.2) is 66.3 Å². The predicted molar refractivity (Wildman–Crippen MR) is 107 cm³/mol. The number of carbonyl (C=O) groups excluding carboxylic acids is 1. The number of benzene rings is 2. The maximum absolute atomic E-state index is 12.3. The summed E-state index contributed by atoms with van der Waals surface area (Å²) in [5, 5.41) is 4.02. The van der Waals surface area contributed by atoms with Gasteiger partial charge in [0.25, 0.3) is 5.91 Å². The van der Waals surface area contributed by atoms with Gasteiger partial charge in [-0.3, -0.25) is 4.79 Å². The number of imidazole rings is 1. The van der Waals surface area contributed by atoms with Crippen LogP contribution in [0.3, 0.4) is 0 Å². The second-order valence-corrected chi connectivity index (χ2v) is 6.29. The zero-order valence-electron chi connectivity index (χ0n) is 16.0. The summed E-state index contributed by atoms with van der Waals surface area (Å²) in [6.07, 6.45) is 6.92. The Morgan fingerprint density at radius 2 is 1.96 bits per heavy atom. The van der Waals surface area contributed by atoms with E-state index >= 15 is 0 Å².